The minimum absolute atomic E-state index is 0.0513. The number of carbonyl (C=O) groups excluding carboxylic acids is 1. The quantitative estimate of drug-likeness (QED) is 0.745. The highest BCUT2D eigenvalue weighted by atomic mass is 79.9. The van der Waals surface area contributed by atoms with Crippen LogP contribution in [0.15, 0.2) is 57.9 Å². The van der Waals surface area contributed by atoms with Crippen LogP contribution in [0.25, 0.3) is 0 Å². The highest BCUT2D eigenvalue weighted by molar-refractivity contribution is 9.10. The van der Waals surface area contributed by atoms with Crippen molar-refractivity contribution in [2.75, 3.05) is 6.61 Å². The molecule has 2 aromatic carbocycles. The van der Waals surface area contributed by atoms with Crippen molar-refractivity contribution in [1.29, 1.82) is 0 Å². The smallest absolute Gasteiger partial charge is 0.267 e. The van der Waals surface area contributed by atoms with Crippen LogP contribution >= 0.6 is 15.9 Å². The molecule has 26 heavy (non-hydrogen) atoms. The van der Waals surface area contributed by atoms with Gasteiger partial charge in [0, 0.05) is 4.47 Å². The van der Waals surface area contributed by atoms with Crippen LogP contribution in [-0.2, 0) is 20.2 Å². The molecule has 1 aliphatic carbocycles. The second-order valence-corrected chi connectivity index (χ2v) is 8.83. The number of amides is 1. The minimum Gasteiger partial charge on any atom is -0.492 e. The molecule has 0 saturated heterocycles. The van der Waals surface area contributed by atoms with Gasteiger partial charge in [0.1, 0.15) is 10.6 Å². The number of nitrogens with one attached hydrogen (secondary N) is 1. The molecule has 1 fully saturated rings. The molecule has 3 rings (SSSR count). The van der Waals surface area contributed by atoms with Crippen molar-refractivity contribution in [2.24, 2.45) is 0 Å². The Morgan fingerprint density at radius 2 is 1.88 bits per heavy atom. The molecule has 0 aromatic heterocycles. The summed E-state index contributed by atoms with van der Waals surface area (Å²) >= 11 is 3.27. The number of ether oxygens (including phenoxy) is 1. The third-order valence-corrected chi connectivity index (χ3v) is 6.54. The van der Waals surface area contributed by atoms with Gasteiger partial charge in [0.05, 0.1) is 12.0 Å². The average Bonchev–Trinajstić information content (AvgIpc) is 2.56. The minimum atomic E-state index is -4.06. The Morgan fingerprint density at radius 3 is 2.46 bits per heavy atom. The van der Waals surface area contributed by atoms with Gasteiger partial charge in [-0.1, -0.05) is 52.7 Å². The van der Waals surface area contributed by atoms with Gasteiger partial charge in [-0.2, -0.15) is 0 Å². The van der Waals surface area contributed by atoms with E-state index in [0.29, 0.717) is 23.9 Å². The summed E-state index contributed by atoms with van der Waals surface area (Å²) in [5.41, 5.74) is 0.0600. The van der Waals surface area contributed by atoms with E-state index in [1.54, 1.807) is 19.1 Å². The fourth-order valence-corrected chi connectivity index (χ4v) is 4.91. The van der Waals surface area contributed by atoms with E-state index in [1.807, 2.05) is 30.3 Å². The van der Waals surface area contributed by atoms with Gasteiger partial charge in [0.2, 0.25) is 5.91 Å². The first-order valence-corrected chi connectivity index (χ1v) is 10.7. The standard InChI is InChI=1S/C19H20BrNO4S/c1-2-25-16-10-9-15(20)13-17(16)26(23,24)21-18(22)19(11-6-12-19)14-7-4-3-5-8-14/h3-5,7-10,13H,2,6,11-12H2,1H3,(H,21,22). The predicted octanol–water partition coefficient (Wildman–Crippen LogP) is 3.77. The molecular formula is C19H20BrNO4S. The molecule has 7 heteroatoms. The molecule has 1 amide bonds. The second kappa shape index (κ2) is 7.40. The number of sulfonamides is 1. The third-order valence-electron chi connectivity index (χ3n) is 4.69. The number of rotatable bonds is 6. The zero-order chi connectivity index (χ0) is 18.8. The Morgan fingerprint density at radius 1 is 1.19 bits per heavy atom. The first-order valence-electron chi connectivity index (χ1n) is 8.44. The van der Waals surface area contributed by atoms with E-state index in [2.05, 4.69) is 20.7 Å². The molecule has 0 bridgehead atoms. The lowest BCUT2D eigenvalue weighted by atomic mass is 9.64. The van der Waals surface area contributed by atoms with E-state index in [1.165, 1.54) is 6.07 Å². The highest BCUT2D eigenvalue weighted by Crippen LogP contribution is 2.44. The van der Waals surface area contributed by atoms with E-state index in [-0.39, 0.29) is 10.6 Å². The zero-order valence-electron chi connectivity index (χ0n) is 14.4. The maximum atomic E-state index is 12.9. The first-order chi connectivity index (χ1) is 12.4. The Bertz CT molecular complexity index is 908. The van der Waals surface area contributed by atoms with Crippen LogP contribution in [-0.4, -0.2) is 20.9 Å². The fraction of sp³-hybridized carbons (Fsp3) is 0.316. The molecule has 2 aromatic rings. The molecule has 0 atom stereocenters. The SMILES string of the molecule is CCOc1ccc(Br)cc1S(=O)(=O)NC(=O)C1(c2ccccc2)CCC1. The van der Waals surface area contributed by atoms with E-state index < -0.39 is 21.3 Å². The van der Waals surface area contributed by atoms with Gasteiger partial charge in [-0.3, -0.25) is 4.79 Å². The van der Waals surface area contributed by atoms with Crippen LogP contribution < -0.4 is 9.46 Å². The van der Waals surface area contributed by atoms with Crippen molar-refractivity contribution in [3.63, 3.8) is 0 Å². The van der Waals surface area contributed by atoms with Crippen LogP contribution in [0, 0.1) is 0 Å². The lowest BCUT2D eigenvalue weighted by molar-refractivity contribution is -0.128. The van der Waals surface area contributed by atoms with Gasteiger partial charge in [-0.25, -0.2) is 13.1 Å². The Labute approximate surface area is 161 Å². The molecule has 0 aliphatic heterocycles. The summed E-state index contributed by atoms with van der Waals surface area (Å²) in [4.78, 5) is 12.9. The summed E-state index contributed by atoms with van der Waals surface area (Å²) in [5.74, 6) is -0.268. The van der Waals surface area contributed by atoms with Crippen molar-refractivity contribution in [1.82, 2.24) is 4.72 Å². The normalized spacial score (nSPS) is 15.8. The molecule has 138 valence electrons. The largest absolute Gasteiger partial charge is 0.492 e. The molecule has 0 unspecified atom stereocenters. The maximum Gasteiger partial charge on any atom is 0.267 e. The summed E-state index contributed by atoms with van der Waals surface area (Å²) < 4.78 is 34.0. The Balaban J connectivity index is 1.93. The van der Waals surface area contributed by atoms with Gasteiger partial charge < -0.3 is 4.74 Å². The molecule has 1 N–H and O–H groups in total. The number of carbonyl (C=O) groups is 1. The average molecular weight is 438 g/mol. The molecular weight excluding hydrogens is 418 g/mol. The third kappa shape index (κ3) is 3.50. The Kier molecular flexibility index (Phi) is 5.39. The fourth-order valence-electron chi connectivity index (χ4n) is 3.18. The molecule has 5 nitrogen and oxygen atoms in total. The summed E-state index contributed by atoms with van der Waals surface area (Å²) in [6.07, 6.45) is 2.16. The summed E-state index contributed by atoms with van der Waals surface area (Å²) in [6, 6.07) is 14.0. The van der Waals surface area contributed by atoms with Crippen molar-refractivity contribution >= 4 is 31.9 Å². The number of benzene rings is 2. The highest BCUT2D eigenvalue weighted by Gasteiger charge is 2.47. The predicted molar refractivity (Wildman–Crippen MR) is 103 cm³/mol. The van der Waals surface area contributed by atoms with E-state index in [9.17, 15) is 13.2 Å². The summed E-state index contributed by atoms with van der Waals surface area (Å²) in [5, 5.41) is 0. The van der Waals surface area contributed by atoms with Gasteiger partial charge in [-0.15, -0.1) is 0 Å². The van der Waals surface area contributed by atoms with Crippen molar-refractivity contribution in [3.8, 4) is 5.75 Å². The molecule has 0 radical (unpaired) electrons. The molecule has 1 saturated carbocycles. The first kappa shape index (κ1) is 18.9. The van der Waals surface area contributed by atoms with Crippen LogP contribution in [0.3, 0.4) is 0 Å². The second-order valence-electron chi connectivity index (χ2n) is 6.26. The van der Waals surface area contributed by atoms with Gasteiger partial charge in [0.15, 0.2) is 0 Å². The maximum absolute atomic E-state index is 12.9. The van der Waals surface area contributed by atoms with Crippen molar-refractivity contribution < 1.29 is 17.9 Å². The van der Waals surface area contributed by atoms with Gasteiger partial charge in [-0.05, 0) is 43.5 Å². The monoisotopic (exact) mass is 437 g/mol. The van der Waals surface area contributed by atoms with E-state index in [0.717, 1.165) is 12.0 Å². The topological polar surface area (TPSA) is 72.5 Å². The number of hydrogen-bond acceptors (Lipinski definition) is 4. The van der Waals surface area contributed by atoms with Crippen LogP contribution in [0.5, 0.6) is 5.75 Å². The Hall–Kier alpha value is -1.86. The molecule has 1 aliphatic rings. The lowest BCUT2D eigenvalue weighted by Gasteiger charge is -2.40. The van der Waals surface area contributed by atoms with E-state index in [4.69, 9.17) is 4.74 Å². The zero-order valence-corrected chi connectivity index (χ0v) is 16.8. The van der Waals surface area contributed by atoms with Crippen LogP contribution in [0.1, 0.15) is 31.7 Å². The summed E-state index contributed by atoms with van der Waals surface area (Å²) in [6.45, 7) is 2.10. The van der Waals surface area contributed by atoms with Crippen molar-refractivity contribution in [3.05, 3.63) is 58.6 Å². The van der Waals surface area contributed by atoms with Crippen molar-refractivity contribution in [2.45, 2.75) is 36.5 Å². The van der Waals surface area contributed by atoms with Gasteiger partial charge >= 0.3 is 0 Å². The van der Waals surface area contributed by atoms with E-state index >= 15 is 0 Å². The number of hydrogen-bond donors (Lipinski definition) is 1. The van der Waals surface area contributed by atoms with Gasteiger partial charge in [0.25, 0.3) is 10.0 Å². The van der Waals surface area contributed by atoms with Crippen LogP contribution in [0.2, 0.25) is 0 Å². The lowest BCUT2D eigenvalue weighted by Crippen LogP contribution is -2.50. The molecule has 0 heterocycles. The molecule has 0 spiro atoms. The number of halogens is 1. The summed E-state index contributed by atoms with van der Waals surface area (Å²) in [7, 11) is -4.06. The van der Waals surface area contributed by atoms with Crippen LogP contribution in [0.4, 0.5) is 0 Å².